The lowest BCUT2D eigenvalue weighted by Crippen LogP contribution is -2.35. The Bertz CT molecular complexity index is 455. The molecule has 1 amide bonds. The number of carbonyl (C=O) groups is 1. The Kier molecular flexibility index (Phi) is 6.05. The van der Waals surface area contributed by atoms with Gasteiger partial charge in [-0.2, -0.15) is 0 Å². The van der Waals surface area contributed by atoms with Crippen LogP contribution in [0.1, 0.15) is 48.9 Å². The number of amides is 1. The fourth-order valence-corrected chi connectivity index (χ4v) is 3.03. The van der Waals surface area contributed by atoms with E-state index in [-0.39, 0.29) is 5.91 Å². The van der Waals surface area contributed by atoms with Crippen molar-refractivity contribution in [3.8, 4) is 0 Å². The summed E-state index contributed by atoms with van der Waals surface area (Å²) in [6.07, 6.45) is 7.73. The van der Waals surface area contributed by atoms with E-state index in [0.717, 1.165) is 19.0 Å². The summed E-state index contributed by atoms with van der Waals surface area (Å²) in [5.74, 6) is -0.0755. The number of anilines is 1. The van der Waals surface area contributed by atoms with Crippen LogP contribution in [-0.4, -0.2) is 37.0 Å². The molecule has 1 aromatic rings. The number of nitrogens with zero attached hydrogens (tertiary/aromatic N) is 1. The summed E-state index contributed by atoms with van der Waals surface area (Å²) in [6.45, 7) is 1.74. The summed E-state index contributed by atoms with van der Waals surface area (Å²) < 4.78 is 0. The second-order valence-corrected chi connectivity index (χ2v) is 5.97. The van der Waals surface area contributed by atoms with Crippen molar-refractivity contribution in [2.24, 2.45) is 0 Å². The zero-order valence-electron chi connectivity index (χ0n) is 13.0. The Morgan fingerprint density at radius 2 is 2.00 bits per heavy atom. The summed E-state index contributed by atoms with van der Waals surface area (Å²) in [5.41, 5.74) is 6.91. The van der Waals surface area contributed by atoms with Gasteiger partial charge in [-0.15, -0.1) is 0 Å². The van der Waals surface area contributed by atoms with Crippen LogP contribution in [0.15, 0.2) is 24.3 Å². The van der Waals surface area contributed by atoms with E-state index in [1.807, 2.05) is 12.1 Å². The quantitative estimate of drug-likeness (QED) is 0.625. The average molecular weight is 289 g/mol. The van der Waals surface area contributed by atoms with Gasteiger partial charge in [-0.05, 0) is 45.0 Å². The summed E-state index contributed by atoms with van der Waals surface area (Å²) in [7, 11) is 2.20. The number of benzene rings is 1. The molecule has 2 rings (SSSR count). The lowest BCUT2D eigenvalue weighted by Gasteiger charge is -2.31. The first-order valence-corrected chi connectivity index (χ1v) is 8.01. The minimum absolute atomic E-state index is 0.0755. The topological polar surface area (TPSA) is 58.4 Å². The maximum Gasteiger partial charge on any atom is 0.253 e. The SMILES string of the molecule is CN(CCCNC(=O)c1ccccc1N)C1CCCCC1. The molecule has 1 aromatic carbocycles. The highest BCUT2D eigenvalue weighted by Gasteiger charge is 2.17. The molecular weight excluding hydrogens is 262 g/mol. The van der Waals surface area contributed by atoms with Gasteiger partial charge in [-0.1, -0.05) is 31.4 Å². The Labute approximate surface area is 127 Å². The van der Waals surface area contributed by atoms with Gasteiger partial charge in [0, 0.05) is 18.3 Å². The van der Waals surface area contributed by atoms with E-state index in [4.69, 9.17) is 5.73 Å². The van der Waals surface area contributed by atoms with E-state index in [0.29, 0.717) is 17.8 Å². The first-order chi connectivity index (χ1) is 10.2. The Balaban J connectivity index is 1.67. The molecule has 4 nitrogen and oxygen atoms in total. The van der Waals surface area contributed by atoms with E-state index >= 15 is 0 Å². The number of para-hydroxylation sites is 1. The molecule has 0 aromatic heterocycles. The van der Waals surface area contributed by atoms with E-state index in [2.05, 4.69) is 17.3 Å². The van der Waals surface area contributed by atoms with Crippen LogP contribution in [0.4, 0.5) is 5.69 Å². The molecule has 0 atom stereocenters. The number of hydrogen-bond acceptors (Lipinski definition) is 3. The van der Waals surface area contributed by atoms with Crippen LogP contribution < -0.4 is 11.1 Å². The van der Waals surface area contributed by atoms with Crippen molar-refractivity contribution in [3.05, 3.63) is 29.8 Å². The summed E-state index contributed by atoms with van der Waals surface area (Å²) in [5, 5.41) is 2.95. The van der Waals surface area contributed by atoms with Crippen molar-refractivity contribution in [1.29, 1.82) is 0 Å². The smallest absolute Gasteiger partial charge is 0.253 e. The average Bonchev–Trinajstić information content (AvgIpc) is 2.52. The van der Waals surface area contributed by atoms with E-state index in [9.17, 15) is 4.79 Å². The summed E-state index contributed by atoms with van der Waals surface area (Å²) in [4.78, 5) is 14.5. The van der Waals surface area contributed by atoms with Crippen LogP contribution in [0.3, 0.4) is 0 Å². The zero-order valence-corrected chi connectivity index (χ0v) is 13.0. The molecule has 21 heavy (non-hydrogen) atoms. The van der Waals surface area contributed by atoms with Gasteiger partial charge in [0.15, 0.2) is 0 Å². The molecule has 1 saturated carbocycles. The first kappa shape index (κ1) is 15.8. The number of nitrogen functional groups attached to an aromatic ring is 1. The maximum atomic E-state index is 12.0. The fraction of sp³-hybridized carbons (Fsp3) is 0.588. The van der Waals surface area contributed by atoms with Gasteiger partial charge in [0.1, 0.15) is 0 Å². The van der Waals surface area contributed by atoms with E-state index in [1.54, 1.807) is 12.1 Å². The van der Waals surface area contributed by atoms with Crippen LogP contribution in [0.25, 0.3) is 0 Å². The minimum atomic E-state index is -0.0755. The molecule has 116 valence electrons. The third-order valence-corrected chi connectivity index (χ3v) is 4.38. The highest BCUT2D eigenvalue weighted by molar-refractivity contribution is 5.98. The number of hydrogen-bond donors (Lipinski definition) is 2. The van der Waals surface area contributed by atoms with Gasteiger partial charge < -0.3 is 16.0 Å². The number of nitrogens with one attached hydrogen (secondary N) is 1. The predicted octanol–water partition coefficient (Wildman–Crippen LogP) is 2.65. The lowest BCUT2D eigenvalue weighted by molar-refractivity contribution is 0.0951. The molecule has 1 aliphatic rings. The second kappa shape index (κ2) is 8.03. The molecule has 0 heterocycles. The molecule has 0 bridgehead atoms. The summed E-state index contributed by atoms with van der Waals surface area (Å²) >= 11 is 0. The molecule has 4 heteroatoms. The summed E-state index contributed by atoms with van der Waals surface area (Å²) in [6, 6.07) is 7.93. The molecule has 3 N–H and O–H groups in total. The number of rotatable bonds is 6. The Morgan fingerprint density at radius 1 is 1.29 bits per heavy atom. The van der Waals surface area contributed by atoms with Crippen LogP contribution in [0, 0.1) is 0 Å². The fourth-order valence-electron chi connectivity index (χ4n) is 3.03. The predicted molar refractivity (Wildman–Crippen MR) is 87.3 cm³/mol. The minimum Gasteiger partial charge on any atom is -0.398 e. The van der Waals surface area contributed by atoms with Gasteiger partial charge in [0.25, 0.3) is 5.91 Å². The molecule has 1 fully saturated rings. The monoisotopic (exact) mass is 289 g/mol. The molecule has 1 aliphatic carbocycles. The van der Waals surface area contributed by atoms with Crippen molar-refractivity contribution in [1.82, 2.24) is 10.2 Å². The van der Waals surface area contributed by atoms with Crippen molar-refractivity contribution >= 4 is 11.6 Å². The number of nitrogens with two attached hydrogens (primary N) is 1. The third-order valence-electron chi connectivity index (χ3n) is 4.38. The van der Waals surface area contributed by atoms with Crippen LogP contribution in [0.2, 0.25) is 0 Å². The maximum absolute atomic E-state index is 12.0. The van der Waals surface area contributed by atoms with Crippen LogP contribution >= 0.6 is 0 Å². The van der Waals surface area contributed by atoms with Crippen molar-refractivity contribution in [2.75, 3.05) is 25.9 Å². The standard InChI is InChI=1S/C17H27N3O/c1-20(14-8-3-2-4-9-14)13-7-12-19-17(21)15-10-5-6-11-16(15)18/h5-6,10-11,14H,2-4,7-9,12-13,18H2,1H3,(H,19,21). The van der Waals surface area contributed by atoms with Crippen LogP contribution in [-0.2, 0) is 0 Å². The van der Waals surface area contributed by atoms with E-state index in [1.165, 1.54) is 32.1 Å². The van der Waals surface area contributed by atoms with Gasteiger partial charge in [0.05, 0.1) is 5.56 Å². The molecule has 0 saturated heterocycles. The van der Waals surface area contributed by atoms with Crippen molar-refractivity contribution in [3.63, 3.8) is 0 Å². The normalized spacial score (nSPS) is 16.1. The van der Waals surface area contributed by atoms with E-state index < -0.39 is 0 Å². The largest absolute Gasteiger partial charge is 0.398 e. The molecular formula is C17H27N3O. The zero-order chi connectivity index (χ0) is 15.1. The Morgan fingerprint density at radius 3 is 2.71 bits per heavy atom. The number of carbonyl (C=O) groups excluding carboxylic acids is 1. The van der Waals surface area contributed by atoms with Crippen LogP contribution in [0.5, 0.6) is 0 Å². The third kappa shape index (κ3) is 4.74. The second-order valence-electron chi connectivity index (χ2n) is 5.97. The molecule has 0 unspecified atom stereocenters. The Hall–Kier alpha value is -1.55. The molecule has 0 radical (unpaired) electrons. The van der Waals surface area contributed by atoms with Crippen molar-refractivity contribution in [2.45, 2.75) is 44.6 Å². The molecule has 0 spiro atoms. The molecule has 0 aliphatic heterocycles. The van der Waals surface area contributed by atoms with Crippen molar-refractivity contribution < 1.29 is 4.79 Å². The van der Waals surface area contributed by atoms with Gasteiger partial charge in [0.2, 0.25) is 0 Å². The lowest BCUT2D eigenvalue weighted by atomic mass is 9.94. The highest BCUT2D eigenvalue weighted by atomic mass is 16.1. The van der Waals surface area contributed by atoms with Gasteiger partial charge in [-0.25, -0.2) is 0 Å². The highest BCUT2D eigenvalue weighted by Crippen LogP contribution is 2.21. The van der Waals surface area contributed by atoms with Gasteiger partial charge in [-0.3, -0.25) is 4.79 Å². The first-order valence-electron chi connectivity index (χ1n) is 8.01. The van der Waals surface area contributed by atoms with Gasteiger partial charge >= 0.3 is 0 Å².